The molecule has 3 aromatic rings. The molecule has 146 valence electrons. The van der Waals surface area contributed by atoms with E-state index in [-0.39, 0.29) is 6.04 Å². The van der Waals surface area contributed by atoms with E-state index in [9.17, 15) is 4.79 Å². The molecule has 0 amide bonds. The van der Waals surface area contributed by atoms with Crippen LogP contribution in [0, 0.1) is 13.8 Å². The SMILES string of the molecule is Cc1nc2c(nc1C)C(n1c(NCCCN)nc3ccc(C=O)cc31)CCC2. The second-order valence-electron chi connectivity index (χ2n) is 7.37. The van der Waals surface area contributed by atoms with E-state index >= 15 is 0 Å². The molecule has 0 aliphatic heterocycles. The molecule has 0 saturated carbocycles. The number of fused-ring (bicyclic) bond motifs is 2. The molecule has 1 atom stereocenters. The molecule has 1 unspecified atom stereocenters. The van der Waals surface area contributed by atoms with Gasteiger partial charge in [0.15, 0.2) is 0 Å². The molecule has 0 spiro atoms. The van der Waals surface area contributed by atoms with Gasteiger partial charge in [-0.15, -0.1) is 0 Å². The second kappa shape index (κ2) is 7.67. The van der Waals surface area contributed by atoms with Crippen molar-refractivity contribution < 1.29 is 4.79 Å². The molecule has 0 saturated heterocycles. The van der Waals surface area contributed by atoms with Crippen molar-refractivity contribution in [3.63, 3.8) is 0 Å². The maximum absolute atomic E-state index is 11.4. The zero-order valence-corrected chi connectivity index (χ0v) is 16.4. The van der Waals surface area contributed by atoms with E-state index in [1.54, 1.807) is 6.07 Å². The highest BCUT2D eigenvalue weighted by atomic mass is 16.1. The van der Waals surface area contributed by atoms with E-state index in [4.69, 9.17) is 20.7 Å². The molecule has 1 aromatic carbocycles. The van der Waals surface area contributed by atoms with Gasteiger partial charge in [-0.05, 0) is 64.3 Å². The number of hydrogen-bond donors (Lipinski definition) is 2. The molecule has 4 rings (SSSR count). The summed E-state index contributed by atoms with van der Waals surface area (Å²) in [6.45, 7) is 5.39. The third-order valence-corrected chi connectivity index (χ3v) is 5.44. The number of imidazole rings is 1. The Morgan fingerprint density at radius 3 is 2.86 bits per heavy atom. The Morgan fingerprint density at radius 2 is 2.07 bits per heavy atom. The summed E-state index contributed by atoms with van der Waals surface area (Å²) in [5.41, 5.74) is 12.1. The fraction of sp³-hybridized carbons (Fsp3) is 0.429. The highest BCUT2D eigenvalue weighted by molar-refractivity contribution is 5.86. The number of nitrogens with zero attached hydrogens (tertiary/aromatic N) is 4. The number of rotatable bonds is 6. The van der Waals surface area contributed by atoms with Crippen LogP contribution in [-0.2, 0) is 6.42 Å². The van der Waals surface area contributed by atoms with E-state index in [1.807, 2.05) is 26.0 Å². The largest absolute Gasteiger partial charge is 0.356 e. The molecule has 2 heterocycles. The number of aldehydes is 1. The van der Waals surface area contributed by atoms with Crippen LogP contribution in [0.25, 0.3) is 11.0 Å². The zero-order chi connectivity index (χ0) is 19.7. The lowest BCUT2D eigenvalue weighted by molar-refractivity contribution is 0.112. The number of benzene rings is 1. The van der Waals surface area contributed by atoms with Gasteiger partial charge < -0.3 is 15.6 Å². The summed E-state index contributed by atoms with van der Waals surface area (Å²) in [4.78, 5) is 25.9. The first-order chi connectivity index (χ1) is 13.6. The minimum Gasteiger partial charge on any atom is -0.356 e. The Kier molecular flexibility index (Phi) is 5.09. The Hall–Kier alpha value is -2.80. The molecule has 7 nitrogen and oxygen atoms in total. The molecular weight excluding hydrogens is 352 g/mol. The summed E-state index contributed by atoms with van der Waals surface area (Å²) in [5.74, 6) is 0.796. The fourth-order valence-corrected chi connectivity index (χ4v) is 3.89. The zero-order valence-electron chi connectivity index (χ0n) is 16.4. The van der Waals surface area contributed by atoms with Gasteiger partial charge in [-0.25, -0.2) is 4.98 Å². The van der Waals surface area contributed by atoms with Crippen LogP contribution < -0.4 is 11.1 Å². The van der Waals surface area contributed by atoms with E-state index in [2.05, 4.69) is 9.88 Å². The van der Waals surface area contributed by atoms with Crippen LogP contribution in [0.1, 0.15) is 58.4 Å². The van der Waals surface area contributed by atoms with Gasteiger partial charge in [0.25, 0.3) is 0 Å². The number of hydrogen-bond acceptors (Lipinski definition) is 6. The van der Waals surface area contributed by atoms with Gasteiger partial charge in [0.2, 0.25) is 5.95 Å². The van der Waals surface area contributed by atoms with Crippen LogP contribution in [0.5, 0.6) is 0 Å². The number of nitrogens with two attached hydrogens (primary N) is 1. The van der Waals surface area contributed by atoms with Crippen molar-refractivity contribution in [1.82, 2.24) is 19.5 Å². The first-order valence-electron chi connectivity index (χ1n) is 9.87. The van der Waals surface area contributed by atoms with Gasteiger partial charge >= 0.3 is 0 Å². The number of anilines is 1. The van der Waals surface area contributed by atoms with Gasteiger partial charge in [-0.3, -0.25) is 14.8 Å². The predicted molar refractivity (Wildman–Crippen MR) is 110 cm³/mol. The normalized spacial score (nSPS) is 16.2. The summed E-state index contributed by atoms with van der Waals surface area (Å²) in [7, 11) is 0. The van der Waals surface area contributed by atoms with Crippen molar-refractivity contribution in [1.29, 1.82) is 0 Å². The van der Waals surface area contributed by atoms with Crippen molar-refractivity contribution in [3.8, 4) is 0 Å². The maximum atomic E-state index is 11.4. The van der Waals surface area contributed by atoms with E-state index in [0.29, 0.717) is 12.1 Å². The van der Waals surface area contributed by atoms with Crippen molar-refractivity contribution in [3.05, 3.63) is 46.5 Å². The van der Waals surface area contributed by atoms with Crippen LogP contribution in [-0.4, -0.2) is 38.9 Å². The molecule has 0 radical (unpaired) electrons. The Balaban J connectivity index is 1.88. The quantitative estimate of drug-likeness (QED) is 0.505. The maximum Gasteiger partial charge on any atom is 0.204 e. The highest BCUT2D eigenvalue weighted by Crippen LogP contribution is 2.36. The van der Waals surface area contributed by atoms with E-state index in [1.165, 1.54) is 0 Å². The molecule has 7 heteroatoms. The van der Waals surface area contributed by atoms with Crippen LogP contribution in [0.3, 0.4) is 0 Å². The minimum absolute atomic E-state index is 0.0443. The van der Waals surface area contributed by atoms with Crippen molar-refractivity contribution in [2.45, 2.75) is 45.6 Å². The third kappa shape index (κ3) is 3.26. The number of carbonyl (C=O) groups is 1. The molecule has 0 fully saturated rings. The number of aromatic nitrogens is 4. The van der Waals surface area contributed by atoms with Gasteiger partial charge in [-0.2, -0.15) is 0 Å². The number of nitrogens with one attached hydrogen (secondary N) is 1. The first kappa shape index (κ1) is 18.6. The Morgan fingerprint density at radius 1 is 1.25 bits per heavy atom. The molecule has 1 aliphatic carbocycles. The first-order valence-corrected chi connectivity index (χ1v) is 9.87. The summed E-state index contributed by atoms with van der Waals surface area (Å²) >= 11 is 0. The fourth-order valence-electron chi connectivity index (χ4n) is 3.89. The summed E-state index contributed by atoms with van der Waals surface area (Å²) in [6.07, 6.45) is 4.70. The topological polar surface area (TPSA) is 98.7 Å². The van der Waals surface area contributed by atoms with Gasteiger partial charge in [0.1, 0.15) is 6.29 Å². The van der Waals surface area contributed by atoms with Gasteiger partial charge in [0, 0.05) is 12.1 Å². The standard InChI is InChI=1S/C21H26N6O/c1-13-14(2)25-20-17(24-13)5-3-6-18(20)27-19-11-15(12-28)7-8-16(19)26-21(27)23-10-4-9-22/h7-8,11-12,18H,3-6,9-10,22H2,1-2H3,(H,23,26). The highest BCUT2D eigenvalue weighted by Gasteiger charge is 2.28. The predicted octanol–water partition coefficient (Wildman–Crippen LogP) is 2.94. The second-order valence-corrected chi connectivity index (χ2v) is 7.37. The van der Waals surface area contributed by atoms with E-state index < -0.39 is 0 Å². The van der Waals surface area contributed by atoms with Crippen LogP contribution in [0.4, 0.5) is 5.95 Å². The average Bonchev–Trinajstić information content (AvgIpc) is 3.06. The minimum atomic E-state index is 0.0443. The smallest absolute Gasteiger partial charge is 0.204 e. The lowest BCUT2D eigenvalue weighted by Gasteiger charge is -2.27. The van der Waals surface area contributed by atoms with Crippen molar-refractivity contribution >= 4 is 23.3 Å². The van der Waals surface area contributed by atoms with Crippen LogP contribution in [0.2, 0.25) is 0 Å². The molecule has 1 aliphatic rings. The lowest BCUT2D eigenvalue weighted by Crippen LogP contribution is -2.23. The third-order valence-electron chi connectivity index (χ3n) is 5.44. The average molecular weight is 378 g/mol. The monoisotopic (exact) mass is 378 g/mol. The van der Waals surface area contributed by atoms with E-state index in [0.717, 1.165) is 78.3 Å². The van der Waals surface area contributed by atoms with Crippen LogP contribution >= 0.6 is 0 Å². The number of carbonyl (C=O) groups excluding carboxylic acids is 1. The van der Waals surface area contributed by atoms with Gasteiger partial charge in [-0.1, -0.05) is 0 Å². The molecule has 3 N–H and O–H groups in total. The Labute approximate surface area is 164 Å². The molecule has 2 aromatic heterocycles. The van der Waals surface area contributed by atoms with Crippen molar-refractivity contribution in [2.75, 3.05) is 18.4 Å². The molecule has 0 bridgehead atoms. The van der Waals surface area contributed by atoms with Crippen LogP contribution in [0.15, 0.2) is 18.2 Å². The Bertz CT molecular complexity index is 1030. The van der Waals surface area contributed by atoms with Gasteiger partial charge in [0.05, 0.1) is 39.9 Å². The lowest BCUT2D eigenvalue weighted by atomic mass is 9.94. The number of aryl methyl sites for hydroxylation is 3. The summed E-state index contributed by atoms with van der Waals surface area (Å²) in [5, 5.41) is 3.43. The summed E-state index contributed by atoms with van der Waals surface area (Å²) < 4.78 is 2.19. The summed E-state index contributed by atoms with van der Waals surface area (Å²) in [6, 6.07) is 5.66. The molecular formula is C21H26N6O. The molecule has 28 heavy (non-hydrogen) atoms. The van der Waals surface area contributed by atoms with Crippen molar-refractivity contribution in [2.24, 2.45) is 5.73 Å².